The lowest BCUT2D eigenvalue weighted by Gasteiger charge is -2.30. The summed E-state index contributed by atoms with van der Waals surface area (Å²) in [5.74, 6) is 1.51. The SMILES string of the molecule is CC(=O)NC(C)c1ccc2c(c1)CCN(Cc1ccc(OCC(C)C)cc1C)C2. The van der Waals surface area contributed by atoms with Crippen molar-refractivity contribution in [3.05, 3.63) is 64.2 Å². The fourth-order valence-electron chi connectivity index (χ4n) is 3.86. The Kier molecular flexibility index (Phi) is 6.96. The van der Waals surface area contributed by atoms with Crippen molar-refractivity contribution in [3.8, 4) is 5.75 Å². The molecule has 4 heteroatoms. The van der Waals surface area contributed by atoms with Gasteiger partial charge in [-0.3, -0.25) is 9.69 Å². The van der Waals surface area contributed by atoms with Crippen molar-refractivity contribution in [1.29, 1.82) is 0 Å². The molecule has 1 atom stereocenters. The third-order valence-corrected chi connectivity index (χ3v) is 5.53. The summed E-state index contributed by atoms with van der Waals surface area (Å²) >= 11 is 0. The number of nitrogens with zero attached hydrogens (tertiary/aromatic N) is 1. The molecule has 29 heavy (non-hydrogen) atoms. The van der Waals surface area contributed by atoms with E-state index >= 15 is 0 Å². The average molecular weight is 395 g/mol. The Bertz CT molecular complexity index is 860. The molecule has 1 heterocycles. The number of nitrogens with one attached hydrogen (secondary N) is 1. The molecule has 0 spiro atoms. The molecule has 0 saturated carbocycles. The van der Waals surface area contributed by atoms with Gasteiger partial charge in [-0.05, 0) is 66.1 Å². The van der Waals surface area contributed by atoms with Crippen molar-refractivity contribution in [2.45, 2.75) is 60.2 Å². The number of carbonyl (C=O) groups excluding carboxylic acids is 1. The van der Waals surface area contributed by atoms with E-state index in [4.69, 9.17) is 4.74 Å². The molecule has 3 rings (SSSR count). The van der Waals surface area contributed by atoms with Crippen LogP contribution in [0.2, 0.25) is 0 Å². The Morgan fingerprint density at radius 1 is 1.14 bits per heavy atom. The van der Waals surface area contributed by atoms with E-state index in [9.17, 15) is 4.79 Å². The highest BCUT2D eigenvalue weighted by Crippen LogP contribution is 2.26. The maximum Gasteiger partial charge on any atom is 0.217 e. The second kappa shape index (κ2) is 9.45. The zero-order chi connectivity index (χ0) is 21.0. The number of fused-ring (bicyclic) bond motifs is 1. The molecule has 1 aliphatic rings. The number of ether oxygens (including phenoxy) is 1. The van der Waals surface area contributed by atoms with Crippen LogP contribution in [0.3, 0.4) is 0 Å². The number of hydrogen-bond acceptors (Lipinski definition) is 3. The molecule has 0 saturated heterocycles. The van der Waals surface area contributed by atoms with Crippen LogP contribution in [0.5, 0.6) is 5.75 Å². The van der Waals surface area contributed by atoms with Gasteiger partial charge in [0, 0.05) is 26.6 Å². The van der Waals surface area contributed by atoms with Crippen LogP contribution >= 0.6 is 0 Å². The van der Waals surface area contributed by atoms with Gasteiger partial charge in [-0.2, -0.15) is 0 Å². The minimum atomic E-state index is 0.0115. The molecule has 2 aromatic rings. The highest BCUT2D eigenvalue weighted by Gasteiger charge is 2.18. The molecule has 0 radical (unpaired) electrons. The van der Waals surface area contributed by atoms with E-state index in [0.29, 0.717) is 5.92 Å². The first-order valence-electron chi connectivity index (χ1n) is 10.6. The molecule has 0 fully saturated rings. The van der Waals surface area contributed by atoms with Crippen molar-refractivity contribution >= 4 is 5.91 Å². The third kappa shape index (κ3) is 5.83. The Labute approximate surface area is 175 Å². The molecular formula is C25H34N2O2. The largest absolute Gasteiger partial charge is 0.493 e. The van der Waals surface area contributed by atoms with E-state index in [0.717, 1.165) is 38.4 Å². The minimum absolute atomic E-state index is 0.0115. The summed E-state index contributed by atoms with van der Waals surface area (Å²) in [5.41, 5.74) is 6.63. The van der Waals surface area contributed by atoms with Gasteiger partial charge in [0.25, 0.3) is 0 Å². The number of amides is 1. The molecule has 156 valence electrons. The summed E-state index contributed by atoms with van der Waals surface area (Å²) in [6.45, 7) is 13.8. The fraction of sp³-hybridized carbons (Fsp3) is 0.480. The number of aryl methyl sites for hydroxylation is 1. The van der Waals surface area contributed by atoms with Crippen LogP contribution in [0.4, 0.5) is 0 Å². The average Bonchev–Trinajstić information content (AvgIpc) is 2.67. The van der Waals surface area contributed by atoms with Gasteiger partial charge in [-0.1, -0.05) is 38.1 Å². The zero-order valence-corrected chi connectivity index (χ0v) is 18.4. The van der Waals surface area contributed by atoms with Crippen LogP contribution < -0.4 is 10.1 Å². The maximum atomic E-state index is 11.3. The highest BCUT2D eigenvalue weighted by molar-refractivity contribution is 5.73. The number of carbonyl (C=O) groups is 1. The Morgan fingerprint density at radius 3 is 2.62 bits per heavy atom. The van der Waals surface area contributed by atoms with Gasteiger partial charge in [0.1, 0.15) is 5.75 Å². The van der Waals surface area contributed by atoms with E-state index in [1.165, 1.54) is 27.8 Å². The van der Waals surface area contributed by atoms with E-state index < -0.39 is 0 Å². The van der Waals surface area contributed by atoms with Crippen LogP contribution in [0, 0.1) is 12.8 Å². The predicted octanol–water partition coefficient (Wildman–Crippen LogP) is 4.79. The molecular weight excluding hydrogens is 360 g/mol. The quantitative estimate of drug-likeness (QED) is 0.734. The number of benzene rings is 2. The molecule has 2 aromatic carbocycles. The highest BCUT2D eigenvalue weighted by atomic mass is 16.5. The van der Waals surface area contributed by atoms with Gasteiger partial charge >= 0.3 is 0 Å². The normalized spacial score (nSPS) is 15.1. The molecule has 1 aliphatic heterocycles. The second-order valence-corrected chi connectivity index (χ2v) is 8.70. The smallest absolute Gasteiger partial charge is 0.217 e. The Morgan fingerprint density at radius 2 is 1.93 bits per heavy atom. The molecule has 0 aliphatic carbocycles. The molecule has 0 bridgehead atoms. The Balaban J connectivity index is 1.63. The first-order chi connectivity index (χ1) is 13.8. The second-order valence-electron chi connectivity index (χ2n) is 8.70. The molecule has 4 nitrogen and oxygen atoms in total. The van der Waals surface area contributed by atoms with E-state index in [2.05, 4.69) is 67.4 Å². The summed E-state index contributed by atoms with van der Waals surface area (Å²) < 4.78 is 5.85. The summed E-state index contributed by atoms with van der Waals surface area (Å²) in [6.07, 6.45) is 1.05. The molecule has 1 amide bonds. The monoisotopic (exact) mass is 394 g/mol. The summed E-state index contributed by atoms with van der Waals surface area (Å²) in [7, 11) is 0. The number of hydrogen-bond donors (Lipinski definition) is 1. The summed E-state index contributed by atoms with van der Waals surface area (Å²) in [6, 6.07) is 13.1. The molecule has 1 unspecified atom stereocenters. The first kappa shape index (κ1) is 21.4. The van der Waals surface area contributed by atoms with Crippen LogP contribution in [0.25, 0.3) is 0 Å². The van der Waals surface area contributed by atoms with Crippen molar-refractivity contribution in [1.82, 2.24) is 10.2 Å². The molecule has 0 aromatic heterocycles. The van der Waals surface area contributed by atoms with Gasteiger partial charge in [0.05, 0.1) is 12.6 Å². The van der Waals surface area contributed by atoms with Gasteiger partial charge in [0.15, 0.2) is 0 Å². The third-order valence-electron chi connectivity index (χ3n) is 5.53. The topological polar surface area (TPSA) is 41.6 Å². The number of rotatable bonds is 7. The predicted molar refractivity (Wildman–Crippen MR) is 118 cm³/mol. The van der Waals surface area contributed by atoms with Crippen LogP contribution in [-0.2, 0) is 24.3 Å². The van der Waals surface area contributed by atoms with Gasteiger partial charge in [-0.15, -0.1) is 0 Å². The van der Waals surface area contributed by atoms with Crippen molar-refractivity contribution in [2.24, 2.45) is 5.92 Å². The Hall–Kier alpha value is -2.33. The van der Waals surface area contributed by atoms with E-state index in [1.807, 2.05) is 6.92 Å². The van der Waals surface area contributed by atoms with Crippen LogP contribution in [-0.4, -0.2) is 24.0 Å². The van der Waals surface area contributed by atoms with Crippen molar-refractivity contribution in [3.63, 3.8) is 0 Å². The van der Waals surface area contributed by atoms with Crippen LogP contribution in [0.15, 0.2) is 36.4 Å². The van der Waals surface area contributed by atoms with Gasteiger partial charge in [0.2, 0.25) is 5.91 Å². The molecule has 1 N–H and O–H groups in total. The van der Waals surface area contributed by atoms with Gasteiger partial charge < -0.3 is 10.1 Å². The maximum absolute atomic E-state index is 11.3. The standard InChI is InChI=1S/C25H34N2O2/c1-17(2)16-29-25-9-8-23(18(3)12-25)14-27-11-10-22-13-21(6-7-24(22)15-27)19(4)26-20(5)28/h6-9,12-13,17,19H,10-11,14-16H2,1-5H3,(H,26,28). The minimum Gasteiger partial charge on any atom is -0.493 e. The van der Waals surface area contributed by atoms with E-state index in [-0.39, 0.29) is 11.9 Å². The van der Waals surface area contributed by atoms with Gasteiger partial charge in [-0.25, -0.2) is 0 Å². The van der Waals surface area contributed by atoms with Crippen LogP contribution in [0.1, 0.15) is 61.6 Å². The zero-order valence-electron chi connectivity index (χ0n) is 18.4. The fourth-order valence-corrected chi connectivity index (χ4v) is 3.86. The first-order valence-corrected chi connectivity index (χ1v) is 10.6. The lowest BCUT2D eigenvalue weighted by Crippen LogP contribution is -2.30. The van der Waals surface area contributed by atoms with E-state index in [1.54, 1.807) is 6.92 Å². The van der Waals surface area contributed by atoms with Crippen molar-refractivity contribution in [2.75, 3.05) is 13.2 Å². The lowest BCUT2D eigenvalue weighted by molar-refractivity contribution is -0.119. The summed E-state index contributed by atoms with van der Waals surface area (Å²) in [5, 5.41) is 2.97. The lowest BCUT2D eigenvalue weighted by atomic mass is 9.94. The van der Waals surface area contributed by atoms with Crippen molar-refractivity contribution < 1.29 is 9.53 Å². The summed E-state index contributed by atoms with van der Waals surface area (Å²) in [4.78, 5) is 13.8.